The minimum absolute atomic E-state index is 0.0335. The second kappa shape index (κ2) is 8.55. The van der Waals surface area contributed by atoms with Gasteiger partial charge in [0, 0.05) is 31.6 Å². The maximum atomic E-state index is 13.2. The standard InChI is InChI=1S/C23H21F3N2O3S/c24-23(25,26)19-10-8-17(9-11-19)16-22(29)27-12-14-28(15-13-27)32(30,31)21-7-3-5-18-4-1-2-6-20(18)21/h1-11H,12-16H2. The molecule has 32 heavy (non-hydrogen) atoms. The molecule has 0 radical (unpaired) electrons. The van der Waals surface area contributed by atoms with Crippen LogP contribution in [-0.2, 0) is 27.4 Å². The van der Waals surface area contributed by atoms with E-state index in [2.05, 4.69) is 0 Å². The van der Waals surface area contributed by atoms with Gasteiger partial charge in [0.1, 0.15) is 0 Å². The van der Waals surface area contributed by atoms with Gasteiger partial charge in [0.15, 0.2) is 0 Å². The molecule has 1 saturated heterocycles. The average molecular weight is 462 g/mol. The maximum absolute atomic E-state index is 13.2. The van der Waals surface area contributed by atoms with Gasteiger partial charge in [-0.2, -0.15) is 17.5 Å². The quantitative estimate of drug-likeness (QED) is 0.590. The summed E-state index contributed by atoms with van der Waals surface area (Å²) in [6, 6.07) is 16.9. The van der Waals surface area contributed by atoms with E-state index in [0.29, 0.717) is 10.9 Å². The van der Waals surface area contributed by atoms with E-state index in [1.54, 1.807) is 29.2 Å². The van der Waals surface area contributed by atoms with Gasteiger partial charge < -0.3 is 4.90 Å². The first kappa shape index (κ1) is 22.3. The predicted molar refractivity (Wildman–Crippen MR) is 114 cm³/mol. The molecule has 0 spiro atoms. The minimum atomic E-state index is -4.42. The van der Waals surface area contributed by atoms with Crippen LogP contribution in [0.3, 0.4) is 0 Å². The van der Waals surface area contributed by atoms with Crippen molar-refractivity contribution in [2.24, 2.45) is 0 Å². The Morgan fingerprint density at radius 2 is 1.47 bits per heavy atom. The number of carbonyl (C=O) groups is 1. The van der Waals surface area contributed by atoms with Crippen molar-refractivity contribution >= 4 is 26.7 Å². The SMILES string of the molecule is O=C(Cc1ccc(C(F)(F)F)cc1)N1CCN(S(=O)(=O)c2cccc3ccccc23)CC1. The van der Waals surface area contributed by atoms with Crippen LogP contribution in [0.2, 0.25) is 0 Å². The van der Waals surface area contributed by atoms with E-state index in [1.165, 1.54) is 16.4 Å². The van der Waals surface area contributed by atoms with Gasteiger partial charge in [-0.3, -0.25) is 4.79 Å². The fourth-order valence-corrected chi connectivity index (χ4v) is 5.47. The first-order valence-electron chi connectivity index (χ1n) is 10.1. The highest BCUT2D eigenvalue weighted by Gasteiger charge is 2.32. The molecule has 3 aromatic carbocycles. The Morgan fingerprint density at radius 3 is 2.12 bits per heavy atom. The maximum Gasteiger partial charge on any atom is 0.416 e. The molecule has 4 rings (SSSR count). The zero-order chi connectivity index (χ0) is 22.9. The molecule has 0 atom stereocenters. The molecule has 0 saturated carbocycles. The zero-order valence-corrected chi connectivity index (χ0v) is 17.9. The highest BCUT2D eigenvalue weighted by atomic mass is 32.2. The van der Waals surface area contributed by atoms with Gasteiger partial charge in [0.25, 0.3) is 0 Å². The van der Waals surface area contributed by atoms with E-state index in [1.807, 2.05) is 18.2 Å². The Balaban J connectivity index is 1.42. The van der Waals surface area contributed by atoms with E-state index in [0.717, 1.165) is 17.5 Å². The number of piperazine rings is 1. The van der Waals surface area contributed by atoms with Gasteiger partial charge in [-0.1, -0.05) is 48.5 Å². The minimum Gasteiger partial charge on any atom is -0.340 e. The number of hydrogen-bond acceptors (Lipinski definition) is 3. The highest BCUT2D eigenvalue weighted by Crippen LogP contribution is 2.29. The van der Waals surface area contributed by atoms with Gasteiger partial charge in [0.05, 0.1) is 16.9 Å². The van der Waals surface area contributed by atoms with E-state index in [-0.39, 0.29) is 43.4 Å². The number of rotatable bonds is 4. The number of amides is 1. The Bertz CT molecular complexity index is 1230. The summed E-state index contributed by atoms with van der Waals surface area (Å²) < 4.78 is 65.9. The molecule has 9 heteroatoms. The van der Waals surface area contributed by atoms with Gasteiger partial charge in [-0.05, 0) is 29.1 Å². The Kier molecular flexibility index (Phi) is 5.96. The molecule has 1 aliphatic heterocycles. The van der Waals surface area contributed by atoms with E-state index in [4.69, 9.17) is 0 Å². The third kappa shape index (κ3) is 4.49. The van der Waals surface area contributed by atoms with Crippen molar-refractivity contribution in [2.75, 3.05) is 26.2 Å². The first-order chi connectivity index (χ1) is 15.2. The summed E-state index contributed by atoms with van der Waals surface area (Å²) in [5, 5.41) is 1.48. The zero-order valence-electron chi connectivity index (χ0n) is 17.0. The predicted octanol–water partition coefficient (Wildman–Crippen LogP) is 3.93. The fraction of sp³-hybridized carbons (Fsp3) is 0.261. The van der Waals surface area contributed by atoms with Crippen LogP contribution in [0.4, 0.5) is 13.2 Å². The third-order valence-corrected chi connectivity index (χ3v) is 7.55. The molecule has 0 N–H and O–H groups in total. The van der Waals surface area contributed by atoms with Crippen LogP contribution in [0.5, 0.6) is 0 Å². The second-order valence-electron chi connectivity index (χ2n) is 7.63. The summed E-state index contributed by atoms with van der Waals surface area (Å²) in [5.74, 6) is -0.244. The van der Waals surface area contributed by atoms with Crippen molar-refractivity contribution in [2.45, 2.75) is 17.5 Å². The van der Waals surface area contributed by atoms with Crippen molar-refractivity contribution in [1.29, 1.82) is 0 Å². The van der Waals surface area contributed by atoms with E-state index in [9.17, 15) is 26.4 Å². The normalized spacial score (nSPS) is 15.8. The molecule has 0 aromatic heterocycles. The summed E-state index contributed by atoms with van der Waals surface area (Å²) in [6.45, 7) is 0.765. The van der Waals surface area contributed by atoms with Crippen LogP contribution >= 0.6 is 0 Å². The number of carbonyl (C=O) groups excluding carboxylic acids is 1. The molecule has 0 bridgehead atoms. The molecular formula is C23H21F3N2O3S. The Morgan fingerprint density at radius 1 is 0.844 bits per heavy atom. The topological polar surface area (TPSA) is 57.7 Å². The number of nitrogens with zero attached hydrogens (tertiary/aromatic N) is 2. The summed E-state index contributed by atoms with van der Waals surface area (Å²) in [5.41, 5.74) is -0.283. The molecule has 1 fully saturated rings. The summed E-state index contributed by atoms with van der Waals surface area (Å²) in [4.78, 5) is 14.4. The molecular weight excluding hydrogens is 441 g/mol. The number of halogens is 3. The Hall–Kier alpha value is -2.91. The van der Waals surface area contributed by atoms with Crippen LogP contribution in [0.25, 0.3) is 10.8 Å². The van der Waals surface area contributed by atoms with Crippen molar-refractivity contribution < 1.29 is 26.4 Å². The number of sulfonamides is 1. The lowest BCUT2D eigenvalue weighted by molar-refractivity contribution is -0.137. The lowest BCUT2D eigenvalue weighted by atomic mass is 10.1. The van der Waals surface area contributed by atoms with Gasteiger partial charge in [0.2, 0.25) is 15.9 Å². The summed E-state index contributed by atoms with van der Waals surface area (Å²) >= 11 is 0. The molecule has 3 aromatic rings. The van der Waals surface area contributed by atoms with E-state index < -0.39 is 21.8 Å². The van der Waals surface area contributed by atoms with Crippen molar-refractivity contribution in [3.8, 4) is 0 Å². The van der Waals surface area contributed by atoms with Crippen molar-refractivity contribution in [3.05, 3.63) is 77.9 Å². The highest BCUT2D eigenvalue weighted by molar-refractivity contribution is 7.89. The van der Waals surface area contributed by atoms with Crippen LogP contribution in [0.15, 0.2) is 71.6 Å². The summed E-state index contributed by atoms with van der Waals surface area (Å²) in [7, 11) is -3.73. The molecule has 1 heterocycles. The molecule has 1 aliphatic rings. The molecule has 168 valence electrons. The lowest BCUT2D eigenvalue weighted by Gasteiger charge is -2.34. The van der Waals surface area contributed by atoms with Gasteiger partial charge >= 0.3 is 6.18 Å². The lowest BCUT2D eigenvalue weighted by Crippen LogP contribution is -2.50. The molecule has 1 amide bonds. The second-order valence-corrected chi connectivity index (χ2v) is 9.54. The monoisotopic (exact) mass is 462 g/mol. The van der Waals surface area contributed by atoms with Crippen LogP contribution < -0.4 is 0 Å². The molecule has 0 aliphatic carbocycles. The largest absolute Gasteiger partial charge is 0.416 e. The smallest absolute Gasteiger partial charge is 0.340 e. The number of hydrogen-bond donors (Lipinski definition) is 0. The van der Waals surface area contributed by atoms with E-state index >= 15 is 0 Å². The Labute approximate surface area is 184 Å². The average Bonchev–Trinajstić information content (AvgIpc) is 2.78. The number of benzene rings is 3. The van der Waals surface area contributed by atoms with Crippen LogP contribution in [-0.4, -0.2) is 49.7 Å². The summed E-state index contributed by atoms with van der Waals surface area (Å²) in [6.07, 6.45) is -4.46. The fourth-order valence-electron chi connectivity index (χ4n) is 3.84. The number of fused-ring (bicyclic) bond motifs is 1. The van der Waals surface area contributed by atoms with Gasteiger partial charge in [-0.25, -0.2) is 8.42 Å². The molecule has 0 unspecified atom stereocenters. The van der Waals surface area contributed by atoms with Crippen LogP contribution in [0, 0.1) is 0 Å². The van der Waals surface area contributed by atoms with Gasteiger partial charge in [-0.15, -0.1) is 0 Å². The van der Waals surface area contributed by atoms with Crippen LogP contribution in [0.1, 0.15) is 11.1 Å². The first-order valence-corrected chi connectivity index (χ1v) is 11.5. The number of alkyl halides is 3. The molecule has 5 nitrogen and oxygen atoms in total. The van der Waals surface area contributed by atoms with Crippen molar-refractivity contribution in [1.82, 2.24) is 9.21 Å². The third-order valence-electron chi connectivity index (χ3n) is 5.60. The van der Waals surface area contributed by atoms with Crippen molar-refractivity contribution in [3.63, 3.8) is 0 Å².